The van der Waals surface area contributed by atoms with E-state index in [1.807, 2.05) is 6.07 Å². The second-order valence-corrected chi connectivity index (χ2v) is 6.65. The Bertz CT molecular complexity index is 723. The maximum Gasteiger partial charge on any atom is 0.258 e. The van der Waals surface area contributed by atoms with Crippen LogP contribution in [0.1, 0.15) is 34.0 Å². The maximum absolute atomic E-state index is 10.5. The Kier molecular flexibility index (Phi) is 3.79. The van der Waals surface area contributed by atoms with Gasteiger partial charge in [0.15, 0.2) is 0 Å². The maximum atomic E-state index is 10.5. The summed E-state index contributed by atoms with van der Waals surface area (Å²) in [6.45, 7) is 6.18. The zero-order valence-corrected chi connectivity index (χ0v) is 13.6. The van der Waals surface area contributed by atoms with Gasteiger partial charge in [-0.05, 0) is 37.0 Å². The molecule has 1 atom stereocenters. The quantitative estimate of drug-likeness (QED) is 0.621. The van der Waals surface area contributed by atoms with E-state index < -0.39 is 0 Å². The predicted octanol–water partition coefficient (Wildman–Crippen LogP) is 1.61. The molecule has 1 aliphatic heterocycles. The molecule has 0 radical (unpaired) electrons. The van der Waals surface area contributed by atoms with Gasteiger partial charge >= 0.3 is 0 Å². The molecule has 0 spiro atoms. The van der Waals surface area contributed by atoms with Crippen molar-refractivity contribution in [2.45, 2.75) is 25.8 Å². The van der Waals surface area contributed by atoms with Crippen molar-refractivity contribution in [1.29, 1.82) is 0 Å². The fourth-order valence-corrected chi connectivity index (χ4v) is 4.01. The van der Waals surface area contributed by atoms with Crippen LogP contribution in [-0.4, -0.2) is 36.3 Å². The average molecular weight is 310 g/mol. The van der Waals surface area contributed by atoms with Gasteiger partial charge in [-0.15, -0.1) is 0 Å². The van der Waals surface area contributed by atoms with Crippen molar-refractivity contribution in [3.8, 4) is 0 Å². The van der Waals surface area contributed by atoms with Gasteiger partial charge in [0.05, 0.1) is 0 Å². The number of hydrogen-bond donors (Lipinski definition) is 2. The topological polar surface area (TPSA) is 39.4 Å². The van der Waals surface area contributed by atoms with Crippen LogP contribution in [0.4, 0.5) is 0 Å². The third-order valence-corrected chi connectivity index (χ3v) is 5.13. The fourth-order valence-electron chi connectivity index (χ4n) is 4.01. The van der Waals surface area contributed by atoms with Crippen molar-refractivity contribution in [3.63, 3.8) is 0 Å². The molecule has 1 fully saturated rings. The lowest BCUT2D eigenvalue weighted by molar-refractivity contribution is -0.911. The van der Waals surface area contributed by atoms with Gasteiger partial charge in [-0.3, -0.25) is 10.1 Å². The van der Waals surface area contributed by atoms with Crippen molar-refractivity contribution < 1.29 is 9.94 Å². The number of piperazine rings is 1. The molecule has 1 aliphatic carbocycles. The van der Waals surface area contributed by atoms with Crippen LogP contribution >= 0.6 is 0 Å². The first kappa shape index (κ1) is 14.7. The summed E-state index contributed by atoms with van der Waals surface area (Å²) in [6.07, 6.45) is 3.78. The number of nitrogens with one attached hydrogen (secondary N) is 1. The molecule has 2 N–H and O–H groups in total. The van der Waals surface area contributed by atoms with Crippen LogP contribution in [0.5, 0.6) is 0 Å². The highest BCUT2D eigenvalue weighted by Crippen LogP contribution is 2.35. The van der Waals surface area contributed by atoms with E-state index in [2.05, 4.69) is 41.4 Å². The zero-order chi connectivity index (χ0) is 15.8. The number of fused-ring (bicyclic) bond motifs is 2. The average Bonchev–Trinajstić information content (AvgIpc) is 2.73. The summed E-state index contributed by atoms with van der Waals surface area (Å²) in [6, 6.07) is 11.0. The minimum Gasteiger partial charge on any atom is -0.314 e. The van der Waals surface area contributed by atoms with E-state index in [0.717, 1.165) is 44.7 Å². The van der Waals surface area contributed by atoms with Crippen LogP contribution in [-0.2, 0) is 12.8 Å². The van der Waals surface area contributed by atoms with Crippen molar-refractivity contribution in [2.75, 3.05) is 26.2 Å². The van der Waals surface area contributed by atoms with Gasteiger partial charge in [0, 0.05) is 42.5 Å². The molecule has 2 aromatic rings. The number of rotatable bonds is 1. The molecule has 0 amide bonds. The summed E-state index contributed by atoms with van der Waals surface area (Å²) in [4.78, 5) is 2.50. The molecule has 0 bridgehead atoms. The highest BCUT2D eigenvalue weighted by Gasteiger charge is 2.37. The van der Waals surface area contributed by atoms with E-state index in [-0.39, 0.29) is 6.04 Å². The number of hydrogen-bond acceptors (Lipinski definition) is 3. The Hall–Kier alpha value is -1.91. The lowest BCUT2D eigenvalue weighted by atomic mass is 9.95. The van der Waals surface area contributed by atoms with Gasteiger partial charge in [-0.1, -0.05) is 23.8 Å². The molecular formula is C19H24N3O+. The predicted molar refractivity (Wildman–Crippen MR) is 88.7 cm³/mol. The number of aromatic nitrogens is 1. The molecule has 4 heteroatoms. The first-order valence-electron chi connectivity index (χ1n) is 8.51. The molecule has 1 unspecified atom stereocenters. The van der Waals surface area contributed by atoms with Crippen LogP contribution in [0.3, 0.4) is 0 Å². The first-order chi connectivity index (χ1) is 11.2. The highest BCUT2D eigenvalue weighted by atomic mass is 16.5. The summed E-state index contributed by atoms with van der Waals surface area (Å²) in [7, 11) is 0. The molecule has 1 aromatic heterocycles. The minimum atomic E-state index is 0.136. The Morgan fingerprint density at radius 2 is 1.91 bits per heavy atom. The van der Waals surface area contributed by atoms with Crippen molar-refractivity contribution >= 4 is 0 Å². The second kappa shape index (κ2) is 5.95. The van der Waals surface area contributed by atoms with E-state index >= 15 is 0 Å². The number of nitrogens with zero attached hydrogens (tertiary/aromatic N) is 2. The molecule has 4 rings (SSSR count). The van der Waals surface area contributed by atoms with Crippen LogP contribution in [0.15, 0.2) is 36.5 Å². The van der Waals surface area contributed by atoms with Gasteiger partial charge in [0.1, 0.15) is 6.04 Å². The Morgan fingerprint density at radius 3 is 2.74 bits per heavy atom. The molecular weight excluding hydrogens is 286 g/mol. The molecule has 2 aliphatic rings. The summed E-state index contributed by atoms with van der Waals surface area (Å²) < 4.78 is 1.34. The number of pyridine rings is 1. The third-order valence-electron chi connectivity index (χ3n) is 5.13. The van der Waals surface area contributed by atoms with Gasteiger partial charge in [-0.25, -0.2) is 0 Å². The van der Waals surface area contributed by atoms with Crippen LogP contribution in [0.25, 0.3) is 0 Å². The number of aryl methyl sites for hydroxylation is 3. The molecule has 4 nitrogen and oxygen atoms in total. The Balaban J connectivity index is 1.90. The Morgan fingerprint density at radius 1 is 1.13 bits per heavy atom. The normalized spacial score (nSPS) is 21.3. The van der Waals surface area contributed by atoms with Crippen LogP contribution in [0.2, 0.25) is 0 Å². The third kappa shape index (κ3) is 2.62. The molecule has 1 aromatic carbocycles. The van der Waals surface area contributed by atoms with Crippen molar-refractivity contribution in [2.24, 2.45) is 0 Å². The molecule has 120 valence electrons. The van der Waals surface area contributed by atoms with E-state index in [4.69, 9.17) is 0 Å². The lowest BCUT2D eigenvalue weighted by Gasteiger charge is -2.33. The standard InChI is InChI=1S/C19H24N3O/c1-14-4-7-17-16(13-14)6-5-15-3-2-10-22(23)18(15)19(17)21-11-8-20-9-12-21/h2-4,7,10,13,19-20,23H,5-6,8-9,11-12H2,1H3/q+1. The summed E-state index contributed by atoms with van der Waals surface area (Å²) in [5.74, 6) is 0. The summed E-state index contributed by atoms with van der Waals surface area (Å²) in [5.41, 5.74) is 6.38. The molecule has 23 heavy (non-hydrogen) atoms. The van der Waals surface area contributed by atoms with E-state index in [1.165, 1.54) is 27.0 Å². The molecule has 2 heterocycles. The Labute approximate surface area is 137 Å². The van der Waals surface area contributed by atoms with Crippen LogP contribution in [0, 0.1) is 6.92 Å². The smallest absolute Gasteiger partial charge is 0.258 e. The second-order valence-electron chi connectivity index (χ2n) is 6.65. The molecule has 1 saturated heterocycles. The fraction of sp³-hybridized carbons (Fsp3) is 0.421. The number of benzene rings is 1. The highest BCUT2D eigenvalue weighted by molar-refractivity contribution is 5.42. The van der Waals surface area contributed by atoms with E-state index in [1.54, 1.807) is 6.20 Å². The summed E-state index contributed by atoms with van der Waals surface area (Å²) >= 11 is 0. The van der Waals surface area contributed by atoms with E-state index in [9.17, 15) is 5.21 Å². The van der Waals surface area contributed by atoms with Crippen molar-refractivity contribution in [1.82, 2.24) is 10.2 Å². The zero-order valence-electron chi connectivity index (χ0n) is 13.6. The van der Waals surface area contributed by atoms with Gasteiger partial charge in [0.25, 0.3) is 5.69 Å². The van der Waals surface area contributed by atoms with Gasteiger partial charge in [-0.2, -0.15) is 0 Å². The largest absolute Gasteiger partial charge is 0.314 e. The van der Waals surface area contributed by atoms with Gasteiger partial charge < -0.3 is 5.32 Å². The lowest BCUT2D eigenvalue weighted by Crippen LogP contribution is -2.49. The monoisotopic (exact) mass is 310 g/mol. The van der Waals surface area contributed by atoms with Gasteiger partial charge in [0.2, 0.25) is 6.20 Å². The van der Waals surface area contributed by atoms with Crippen molar-refractivity contribution in [3.05, 3.63) is 64.5 Å². The van der Waals surface area contributed by atoms with E-state index in [0.29, 0.717) is 0 Å². The molecule has 0 saturated carbocycles. The van der Waals surface area contributed by atoms with Crippen LogP contribution < -0.4 is 10.0 Å². The minimum absolute atomic E-state index is 0.136. The summed E-state index contributed by atoms with van der Waals surface area (Å²) in [5, 5.41) is 14.0. The SMILES string of the molecule is Cc1ccc2c(c1)CCc1ccc[n+](O)c1C2N1CCNCC1. The first-order valence-corrected chi connectivity index (χ1v) is 8.51.